The van der Waals surface area contributed by atoms with Gasteiger partial charge in [0.2, 0.25) is 11.8 Å². The van der Waals surface area contributed by atoms with Crippen LogP contribution >= 0.6 is 0 Å². The number of carbonyl (C=O) groups excluding carboxylic acids is 4. The average molecular weight is 400 g/mol. The van der Waals surface area contributed by atoms with Gasteiger partial charge >= 0.3 is 6.03 Å². The highest BCUT2D eigenvalue weighted by Gasteiger charge is 2.53. The quantitative estimate of drug-likeness (QED) is 0.526. The van der Waals surface area contributed by atoms with Gasteiger partial charge in [0.1, 0.15) is 0 Å². The van der Waals surface area contributed by atoms with Gasteiger partial charge in [0, 0.05) is 39.1 Å². The van der Waals surface area contributed by atoms with E-state index in [1.807, 2.05) is 11.0 Å². The fourth-order valence-electron chi connectivity index (χ4n) is 4.01. The summed E-state index contributed by atoms with van der Waals surface area (Å²) in [5, 5.41) is 5.56. The Morgan fingerprint density at radius 2 is 1.76 bits per heavy atom. The first-order valence-corrected chi connectivity index (χ1v) is 10.2. The molecule has 0 radical (unpaired) electrons. The van der Waals surface area contributed by atoms with Gasteiger partial charge in [-0.2, -0.15) is 0 Å². The highest BCUT2D eigenvalue weighted by Crippen LogP contribution is 2.33. The average Bonchev–Trinajstić information content (AvgIpc) is 2.75. The van der Waals surface area contributed by atoms with Gasteiger partial charge in [0.15, 0.2) is 5.41 Å². The van der Waals surface area contributed by atoms with Crippen molar-refractivity contribution in [3.05, 3.63) is 35.9 Å². The molecular formula is C21H28N4O4. The van der Waals surface area contributed by atoms with Gasteiger partial charge in [-0.3, -0.25) is 24.6 Å². The lowest BCUT2D eigenvalue weighted by molar-refractivity contribution is -0.145. The molecule has 0 bridgehead atoms. The number of urea groups is 1. The van der Waals surface area contributed by atoms with Gasteiger partial charge in [-0.15, -0.1) is 0 Å². The second-order valence-corrected chi connectivity index (χ2v) is 7.43. The molecule has 2 N–H and O–H groups in total. The number of rotatable bonds is 7. The maximum absolute atomic E-state index is 13.2. The predicted octanol–water partition coefficient (Wildman–Crippen LogP) is 1.01. The summed E-state index contributed by atoms with van der Waals surface area (Å²) in [6, 6.07) is 8.15. The molecule has 3 rings (SSSR count). The van der Waals surface area contributed by atoms with Crippen LogP contribution in [0.15, 0.2) is 30.3 Å². The number of hydrogen-bond acceptors (Lipinski definition) is 5. The molecule has 2 fully saturated rings. The Bertz CT molecular complexity index is 776. The van der Waals surface area contributed by atoms with Crippen LogP contribution in [0.3, 0.4) is 0 Å². The van der Waals surface area contributed by atoms with Crippen LogP contribution in [-0.4, -0.2) is 66.3 Å². The third-order valence-electron chi connectivity index (χ3n) is 5.75. The SMILES string of the molecule is CCC1(c2ccccc2)C(=O)NC(=O)N(CCCCC(=O)N2CCNCC2)C1=O. The third-order valence-corrected chi connectivity index (χ3v) is 5.75. The van der Waals surface area contributed by atoms with E-state index in [1.54, 1.807) is 31.2 Å². The molecule has 2 saturated heterocycles. The van der Waals surface area contributed by atoms with E-state index < -0.39 is 23.3 Å². The van der Waals surface area contributed by atoms with E-state index in [9.17, 15) is 19.2 Å². The second-order valence-electron chi connectivity index (χ2n) is 7.43. The number of hydrogen-bond donors (Lipinski definition) is 2. The van der Waals surface area contributed by atoms with E-state index in [2.05, 4.69) is 10.6 Å². The molecule has 29 heavy (non-hydrogen) atoms. The standard InChI is InChI=1S/C21H28N4O4/c1-2-21(16-8-4-3-5-9-16)18(27)23-20(29)25(19(21)28)13-7-6-10-17(26)24-14-11-22-12-15-24/h3-5,8-9,22H,2,6-7,10-15H2,1H3,(H,23,27,29). The van der Waals surface area contributed by atoms with Gasteiger partial charge < -0.3 is 10.2 Å². The van der Waals surface area contributed by atoms with E-state index in [4.69, 9.17) is 0 Å². The summed E-state index contributed by atoms with van der Waals surface area (Å²) in [4.78, 5) is 53.4. The molecule has 1 atom stereocenters. The Morgan fingerprint density at radius 1 is 1.07 bits per heavy atom. The van der Waals surface area contributed by atoms with E-state index in [1.165, 1.54) is 0 Å². The summed E-state index contributed by atoms with van der Waals surface area (Å²) in [6.45, 7) is 4.99. The molecule has 1 aromatic carbocycles. The topological polar surface area (TPSA) is 98.8 Å². The Balaban J connectivity index is 1.63. The number of imide groups is 2. The number of piperazine rings is 1. The Morgan fingerprint density at radius 3 is 2.41 bits per heavy atom. The lowest BCUT2D eigenvalue weighted by atomic mass is 9.74. The molecule has 8 heteroatoms. The highest BCUT2D eigenvalue weighted by atomic mass is 16.2. The maximum Gasteiger partial charge on any atom is 0.330 e. The predicted molar refractivity (Wildman–Crippen MR) is 107 cm³/mol. The van der Waals surface area contributed by atoms with E-state index in [0.29, 0.717) is 37.9 Å². The fraction of sp³-hybridized carbons (Fsp3) is 0.524. The molecule has 1 unspecified atom stereocenters. The van der Waals surface area contributed by atoms with Crippen molar-refractivity contribution in [1.82, 2.24) is 20.4 Å². The number of nitrogens with zero attached hydrogens (tertiary/aromatic N) is 2. The van der Waals surface area contributed by atoms with E-state index in [0.717, 1.165) is 18.0 Å². The fourth-order valence-corrected chi connectivity index (χ4v) is 4.01. The minimum absolute atomic E-state index is 0.100. The number of amides is 5. The molecule has 2 aliphatic heterocycles. The Hall–Kier alpha value is -2.74. The molecule has 2 heterocycles. The van der Waals surface area contributed by atoms with Crippen LogP contribution in [0.1, 0.15) is 38.2 Å². The molecule has 156 valence electrons. The third kappa shape index (κ3) is 4.17. The van der Waals surface area contributed by atoms with Gasteiger partial charge in [-0.25, -0.2) is 4.79 Å². The monoisotopic (exact) mass is 400 g/mol. The lowest BCUT2D eigenvalue weighted by Gasteiger charge is -2.39. The summed E-state index contributed by atoms with van der Waals surface area (Å²) < 4.78 is 0. The minimum Gasteiger partial charge on any atom is -0.340 e. The summed E-state index contributed by atoms with van der Waals surface area (Å²) in [5.74, 6) is -0.969. The zero-order chi connectivity index (χ0) is 20.9. The number of unbranched alkanes of at least 4 members (excludes halogenated alkanes) is 1. The number of carbonyl (C=O) groups is 4. The summed E-state index contributed by atoms with van der Waals surface area (Å²) in [7, 11) is 0. The van der Waals surface area contributed by atoms with Crippen molar-refractivity contribution in [2.24, 2.45) is 0 Å². The van der Waals surface area contributed by atoms with Crippen molar-refractivity contribution in [1.29, 1.82) is 0 Å². The zero-order valence-corrected chi connectivity index (χ0v) is 16.8. The summed E-state index contributed by atoms with van der Waals surface area (Å²) >= 11 is 0. The summed E-state index contributed by atoms with van der Waals surface area (Å²) in [5.41, 5.74) is -0.817. The number of barbiturate groups is 1. The molecular weight excluding hydrogens is 372 g/mol. The van der Waals surface area contributed by atoms with Crippen molar-refractivity contribution in [3.8, 4) is 0 Å². The highest BCUT2D eigenvalue weighted by molar-refractivity contribution is 6.22. The summed E-state index contributed by atoms with van der Waals surface area (Å²) in [6.07, 6.45) is 1.74. The molecule has 1 aromatic rings. The van der Waals surface area contributed by atoms with Crippen molar-refractivity contribution in [2.45, 2.75) is 38.0 Å². The van der Waals surface area contributed by atoms with Crippen LogP contribution in [-0.2, 0) is 19.8 Å². The van der Waals surface area contributed by atoms with Crippen LogP contribution in [0.25, 0.3) is 0 Å². The van der Waals surface area contributed by atoms with Crippen molar-refractivity contribution >= 4 is 23.8 Å². The van der Waals surface area contributed by atoms with Crippen LogP contribution in [0.4, 0.5) is 4.79 Å². The minimum atomic E-state index is -1.40. The number of benzene rings is 1. The first-order valence-electron chi connectivity index (χ1n) is 10.2. The van der Waals surface area contributed by atoms with E-state index in [-0.39, 0.29) is 18.9 Å². The lowest BCUT2D eigenvalue weighted by Crippen LogP contribution is -2.65. The zero-order valence-electron chi connectivity index (χ0n) is 16.8. The van der Waals surface area contributed by atoms with Crippen LogP contribution < -0.4 is 10.6 Å². The smallest absolute Gasteiger partial charge is 0.330 e. The van der Waals surface area contributed by atoms with Crippen LogP contribution in [0.2, 0.25) is 0 Å². The van der Waals surface area contributed by atoms with E-state index >= 15 is 0 Å². The second kappa shape index (κ2) is 9.17. The molecule has 0 spiro atoms. The molecule has 0 aliphatic carbocycles. The molecule has 8 nitrogen and oxygen atoms in total. The van der Waals surface area contributed by atoms with Crippen molar-refractivity contribution < 1.29 is 19.2 Å². The molecule has 0 saturated carbocycles. The van der Waals surface area contributed by atoms with Gasteiger partial charge in [-0.05, 0) is 24.8 Å². The van der Waals surface area contributed by atoms with Gasteiger partial charge in [0.05, 0.1) is 0 Å². The van der Waals surface area contributed by atoms with Gasteiger partial charge in [-0.1, -0.05) is 37.3 Å². The van der Waals surface area contributed by atoms with Crippen LogP contribution in [0.5, 0.6) is 0 Å². The van der Waals surface area contributed by atoms with Crippen LogP contribution in [0, 0.1) is 0 Å². The Labute approximate surface area is 170 Å². The largest absolute Gasteiger partial charge is 0.340 e. The normalized spacial score (nSPS) is 22.6. The first-order chi connectivity index (χ1) is 14.0. The molecule has 5 amide bonds. The molecule has 0 aromatic heterocycles. The Kier molecular flexibility index (Phi) is 6.64. The van der Waals surface area contributed by atoms with Crippen molar-refractivity contribution in [2.75, 3.05) is 32.7 Å². The van der Waals surface area contributed by atoms with Gasteiger partial charge in [0.25, 0.3) is 5.91 Å². The number of nitrogens with one attached hydrogen (secondary N) is 2. The maximum atomic E-state index is 13.2. The first kappa shape index (κ1) is 21.0. The molecule has 2 aliphatic rings. The van der Waals surface area contributed by atoms with Crippen molar-refractivity contribution in [3.63, 3.8) is 0 Å².